The largest absolute Gasteiger partial charge is 0.458 e. The number of ether oxygens (including phenoxy) is 1. The van der Waals surface area contributed by atoms with E-state index in [0.29, 0.717) is 5.13 Å². The zero-order valence-corrected chi connectivity index (χ0v) is 16.1. The maximum absolute atomic E-state index is 12.6. The second-order valence-electron chi connectivity index (χ2n) is 6.84. The van der Waals surface area contributed by atoms with E-state index in [-0.39, 0.29) is 11.8 Å². The molecule has 1 aliphatic rings. The molecule has 2 N–H and O–H groups in total. The third kappa shape index (κ3) is 4.69. The van der Waals surface area contributed by atoms with E-state index in [1.165, 1.54) is 17.8 Å². The minimum absolute atomic E-state index is 0.0580. The number of nitrogens with zero attached hydrogens (tertiary/aromatic N) is 1. The van der Waals surface area contributed by atoms with Gasteiger partial charge in [-0.05, 0) is 45.1 Å². The third-order valence-electron chi connectivity index (χ3n) is 4.63. The van der Waals surface area contributed by atoms with Gasteiger partial charge in [-0.2, -0.15) is 0 Å². The number of aromatic nitrogens is 1. The maximum atomic E-state index is 12.6. The Bertz CT molecular complexity index is 764. The first-order valence-electron chi connectivity index (χ1n) is 9.08. The molecule has 1 fully saturated rings. The fourth-order valence-electron chi connectivity index (χ4n) is 3.14. The van der Waals surface area contributed by atoms with Crippen molar-refractivity contribution >= 4 is 28.1 Å². The van der Waals surface area contributed by atoms with Gasteiger partial charge in [-0.15, -0.1) is 11.3 Å². The number of carbonyl (C=O) groups is 1. The van der Waals surface area contributed by atoms with E-state index in [1.807, 2.05) is 38.1 Å². The van der Waals surface area contributed by atoms with Crippen LogP contribution in [0.3, 0.4) is 0 Å². The molecule has 1 aliphatic carbocycles. The number of esters is 1. The van der Waals surface area contributed by atoms with Crippen LogP contribution in [0.5, 0.6) is 0 Å². The van der Waals surface area contributed by atoms with Gasteiger partial charge < -0.3 is 10.1 Å². The fraction of sp³-hybridized carbons (Fsp3) is 0.450. The van der Waals surface area contributed by atoms with Crippen molar-refractivity contribution in [3.63, 3.8) is 0 Å². The molecule has 0 saturated heterocycles. The molecule has 1 aromatic heterocycles. The van der Waals surface area contributed by atoms with Gasteiger partial charge in [0.25, 0.3) is 0 Å². The Hall–Kier alpha value is -2.21. The van der Waals surface area contributed by atoms with E-state index in [0.717, 1.165) is 41.7 Å². The Morgan fingerprint density at radius 3 is 2.54 bits per heavy atom. The van der Waals surface area contributed by atoms with Crippen LogP contribution in [0.1, 0.15) is 54.1 Å². The zero-order chi connectivity index (χ0) is 18.5. The number of hydrogen-bond donors (Lipinski definition) is 2. The van der Waals surface area contributed by atoms with Crippen LogP contribution in [0.4, 0.5) is 5.13 Å². The van der Waals surface area contributed by atoms with Crippen molar-refractivity contribution in [3.8, 4) is 0 Å². The molecular formula is C20H25N3O2S. The number of nitrogens with one attached hydrogen (secondary N) is 2. The summed E-state index contributed by atoms with van der Waals surface area (Å²) in [5.41, 5.74) is 1.91. The van der Waals surface area contributed by atoms with E-state index in [1.54, 1.807) is 6.20 Å². The summed E-state index contributed by atoms with van der Waals surface area (Å²) in [6, 6.07) is 7.27. The highest BCUT2D eigenvalue weighted by molar-refractivity contribution is 7.15. The van der Waals surface area contributed by atoms with E-state index >= 15 is 0 Å². The van der Waals surface area contributed by atoms with Crippen LogP contribution >= 0.6 is 11.3 Å². The Balaban J connectivity index is 1.77. The predicted molar refractivity (Wildman–Crippen MR) is 105 cm³/mol. The van der Waals surface area contributed by atoms with Crippen LogP contribution in [-0.4, -0.2) is 22.8 Å². The van der Waals surface area contributed by atoms with Crippen molar-refractivity contribution < 1.29 is 9.53 Å². The first-order chi connectivity index (χ1) is 12.5. The summed E-state index contributed by atoms with van der Waals surface area (Å²) < 4.78 is 5.60. The monoisotopic (exact) mass is 371 g/mol. The van der Waals surface area contributed by atoms with Gasteiger partial charge in [0.15, 0.2) is 5.13 Å². The van der Waals surface area contributed by atoms with Crippen molar-refractivity contribution in [2.75, 3.05) is 5.32 Å². The number of hydrogen-bond acceptors (Lipinski definition) is 6. The molecule has 5 nitrogen and oxygen atoms in total. The summed E-state index contributed by atoms with van der Waals surface area (Å²) in [5.74, 6) is -0.539. The number of aryl methyl sites for hydroxylation is 2. The van der Waals surface area contributed by atoms with Crippen LogP contribution < -0.4 is 5.32 Å². The van der Waals surface area contributed by atoms with Gasteiger partial charge in [-0.3, -0.25) is 5.41 Å². The number of thiazole rings is 1. The molecule has 0 spiro atoms. The Morgan fingerprint density at radius 1 is 1.23 bits per heavy atom. The highest BCUT2D eigenvalue weighted by Gasteiger charge is 2.28. The Morgan fingerprint density at radius 2 is 1.92 bits per heavy atom. The lowest BCUT2D eigenvalue weighted by atomic mass is 9.97. The quantitative estimate of drug-likeness (QED) is 0.564. The summed E-state index contributed by atoms with van der Waals surface area (Å²) in [6.45, 7) is 3.99. The van der Waals surface area contributed by atoms with Gasteiger partial charge in [0.05, 0.1) is 0 Å². The molecule has 0 aliphatic heterocycles. The Kier molecular flexibility index (Phi) is 6.04. The van der Waals surface area contributed by atoms with Crippen molar-refractivity contribution in [2.24, 2.45) is 0 Å². The Labute approximate surface area is 158 Å². The van der Waals surface area contributed by atoms with Crippen LogP contribution in [0, 0.1) is 19.3 Å². The fourth-order valence-corrected chi connectivity index (χ4v) is 3.83. The minimum Gasteiger partial charge on any atom is -0.458 e. The normalized spacial score (nSPS) is 16.1. The number of benzene rings is 1. The van der Waals surface area contributed by atoms with Gasteiger partial charge in [-0.25, -0.2) is 9.78 Å². The molecule has 0 amide bonds. The highest BCUT2D eigenvalue weighted by Crippen LogP contribution is 2.26. The third-order valence-corrected chi connectivity index (χ3v) is 5.48. The lowest BCUT2D eigenvalue weighted by Crippen LogP contribution is -2.32. The second kappa shape index (κ2) is 8.45. The molecule has 0 radical (unpaired) electrons. The summed E-state index contributed by atoms with van der Waals surface area (Å²) in [7, 11) is 0. The first-order valence-corrected chi connectivity index (χ1v) is 9.89. The predicted octanol–water partition coefficient (Wildman–Crippen LogP) is 4.81. The van der Waals surface area contributed by atoms with Gasteiger partial charge in [-0.1, -0.05) is 36.2 Å². The van der Waals surface area contributed by atoms with Crippen molar-refractivity contribution in [3.05, 3.63) is 46.5 Å². The highest BCUT2D eigenvalue weighted by atomic mass is 32.1. The maximum Gasteiger partial charge on any atom is 0.354 e. The summed E-state index contributed by atoms with van der Waals surface area (Å²) in [4.78, 5) is 18.0. The van der Waals surface area contributed by atoms with E-state index in [9.17, 15) is 4.79 Å². The molecule has 1 aromatic carbocycles. The molecule has 1 saturated carbocycles. The van der Waals surface area contributed by atoms with Crippen LogP contribution in [0.15, 0.2) is 30.5 Å². The smallest absolute Gasteiger partial charge is 0.354 e. The van der Waals surface area contributed by atoms with Gasteiger partial charge in [0.2, 0.25) is 0 Å². The summed E-state index contributed by atoms with van der Waals surface area (Å²) in [5, 5.41) is 12.4. The van der Waals surface area contributed by atoms with Crippen molar-refractivity contribution in [2.45, 2.75) is 58.1 Å². The number of rotatable bonds is 6. The molecule has 1 heterocycles. The van der Waals surface area contributed by atoms with Gasteiger partial charge in [0, 0.05) is 11.1 Å². The topological polar surface area (TPSA) is 75.1 Å². The molecule has 3 rings (SSSR count). The number of carbonyl (C=O) groups excluding carboxylic acids is 1. The van der Waals surface area contributed by atoms with Crippen LogP contribution in [0.2, 0.25) is 0 Å². The minimum atomic E-state index is -0.572. The van der Waals surface area contributed by atoms with E-state index in [2.05, 4.69) is 10.3 Å². The molecule has 26 heavy (non-hydrogen) atoms. The van der Waals surface area contributed by atoms with E-state index in [4.69, 9.17) is 10.1 Å². The summed E-state index contributed by atoms with van der Waals surface area (Å²) in [6.07, 6.45) is 6.89. The van der Waals surface area contributed by atoms with Crippen LogP contribution in [0.25, 0.3) is 0 Å². The molecule has 138 valence electrons. The second-order valence-corrected chi connectivity index (χ2v) is 8.08. The molecule has 1 unspecified atom stereocenters. The van der Waals surface area contributed by atoms with Crippen LogP contribution in [-0.2, 0) is 9.53 Å². The SMILES string of the molecule is Cc1ccc(C(Nc2ncc(C)s2)C(=N)C(=O)OC2CCCCC2)cc1. The first kappa shape index (κ1) is 18.6. The molecule has 2 aromatic rings. The van der Waals surface area contributed by atoms with Gasteiger partial charge >= 0.3 is 5.97 Å². The van der Waals surface area contributed by atoms with Crippen molar-refractivity contribution in [1.82, 2.24) is 4.98 Å². The average Bonchev–Trinajstić information content (AvgIpc) is 3.06. The molecular weight excluding hydrogens is 346 g/mol. The lowest BCUT2D eigenvalue weighted by Gasteiger charge is -2.24. The van der Waals surface area contributed by atoms with E-state index < -0.39 is 12.0 Å². The standard InChI is InChI=1S/C20H25N3O2S/c1-13-8-10-15(11-9-13)18(23-20-22-12-14(2)26-20)17(21)19(24)25-16-6-4-3-5-7-16/h8-12,16,18,21H,3-7H2,1-2H3,(H,22,23). The molecule has 6 heteroatoms. The van der Waals surface area contributed by atoms with Gasteiger partial charge in [0.1, 0.15) is 17.9 Å². The molecule has 1 atom stereocenters. The van der Waals surface area contributed by atoms with Crippen molar-refractivity contribution in [1.29, 1.82) is 5.41 Å². The lowest BCUT2D eigenvalue weighted by molar-refractivity contribution is -0.142. The molecule has 0 bridgehead atoms. The summed E-state index contributed by atoms with van der Waals surface area (Å²) >= 11 is 1.51. The zero-order valence-electron chi connectivity index (χ0n) is 15.2. The number of anilines is 1. The average molecular weight is 372 g/mol.